The average Bonchev–Trinajstić information content (AvgIpc) is 2.52. The Hall–Kier alpha value is -0.770. The van der Waals surface area contributed by atoms with Crippen LogP contribution in [0.1, 0.15) is 5.69 Å². The third-order valence-electron chi connectivity index (χ3n) is 2.12. The second-order valence-corrected chi connectivity index (χ2v) is 4.37. The number of halogens is 2. The quantitative estimate of drug-likeness (QED) is 0.763. The summed E-state index contributed by atoms with van der Waals surface area (Å²) in [5.41, 5.74) is 1.94. The first-order valence-corrected chi connectivity index (χ1v) is 5.48. The average molecular weight is 259 g/mol. The van der Waals surface area contributed by atoms with Gasteiger partial charge in [-0.3, -0.25) is 4.57 Å². The lowest BCUT2D eigenvalue weighted by atomic mass is 10.3. The Labute approximate surface area is 102 Å². The smallest absolute Gasteiger partial charge is 0.182 e. The molecule has 1 aromatic carbocycles. The van der Waals surface area contributed by atoms with Gasteiger partial charge in [0.15, 0.2) is 4.77 Å². The van der Waals surface area contributed by atoms with Gasteiger partial charge in [-0.15, -0.1) is 0 Å². The van der Waals surface area contributed by atoms with E-state index in [9.17, 15) is 0 Å². The number of hydrogen-bond acceptors (Lipinski definition) is 1. The summed E-state index contributed by atoms with van der Waals surface area (Å²) in [7, 11) is 0. The number of benzene rings is 1. The van der Waals surface area contributed by atoms with Gasteiger partial charge in [0.05, 0.1) is 10.0 Å². The van der Waals surface area contributed by atoms with Gasteiger partial charge >= 0.3 is 0 Å². The molecule has 2 aromatic rings. The molecule has 0 saturated heterocycles. The third-order valence-corrected chi connectivity index (χ3v) is 3.16. The van der Waals surface area contributed by atoms with E-state index >= 15 is 0 Å². The molecule has 5 heteroatoms. The molecular formula is C10H8Cl2N2S. The summed E-state index contributed by atoms with van der Waals surface area (Å²) in [4.78, 5) is 2.97. The molecule has 1 heterocycles. The van der Waals surface area contributed by atoms with Gasteiger partial charge in [-0.25, -0.2) is 0 Å². The van der Waals surface area contributed by atoms with Crippen LogP contribution >= 0.6 is 35.4 Å². The second-order valence-electron chi connectivity index (χ2n) is 3.17. The highest BCUT2D eigenvalue weighted by atomic mass is 35.5. The van der Waals surface area contributed by atoms with Crippen LogP contribution in [0.25, 0.3) is 5.69 Å². The maximum absolute atomic E-state index is 5.95. The molecule has 0 aliphatic carbocycles. The van der Waals surface area contributed by atoms with Crippen molar-refractivity contribution in [3.8, 4) is 5.69 Å². The van der Waals surface area contributed by atoms with Crippen LogP contribution in [0, 0.1) is 11.7 Å². The number of H-pyrrole nitrogens is 1. The summed E-state index contributed by atoms with van der Waals surface area (Å²) in [6.45, 7) is 1.97. The number of aryl methyl sites for hydroxylation is 1. The molecule has 2 nitrogen and oxygen atoms in total. The first-order valence-electron chi connectivity index (χ1n) is 4.32. The van der Waals surface area contributed by atoms with Gasteiger partial charge in [-0.05, 0) is 37.3 Å². The highest BCUT2D eigenvalue weighted by molar-refractivity contribution is 7.71. The molecular weight excluding hydrogens is 251 g/mol. The van der Waals surface area contributed by atoms with Crippen molar-refractivity contribution in [3.05, 3.63) is 44.9 Å². The first kappa shape index (κ1) is 10.7. The predicted octanol–water partition coefficient (Wildman–Crippen LogP) is 4.15. The van der Waals surface area contributed by atoms with Crippen molar-refractivity contribution in [3.63, 3.8) is 0 Å². The second kappa shape index (κ2) is 4.00. The maximum atomic E-state index is 5.95. The zero-order valence-electron chi connectivity index (χ0n) is 7.92. The fourth-order valence-corrected chi connectivity index (χ4v) is 2.00. The number of aromatic nitrogens is 2. The molecule has 0 atom stereocenters. The number of hydrogen-bond donors (Lipinski definition) is 1. The summed E-state index contributed by atoms with van der Waals surface area (Å²) in [5.74, 6) is 0. The summed E-state index contributed by atoms with van der Waals surface area (Å²) < 4.78 is 2.54. The zero-order chi connectivity index (χ0) is 11.0. The van der Waals surface area contributed by atoms with Crippen LogP contribution < -0.4 is 0 Å². The molecule has 0 saturated carbocycles. The minimum atomic E-state index is 0.525. The third kappa shape index (κ3) is 1.95. The number of nitrogens with one attached hydrogen (secondary N) is 1. The number of imidazole rings is 1. The van der Waals surface area contributed by atoms with E-state index in [1.807, 2.05) is 23.8 Å². The lowest BCUT2D eigenvalue weighted by Crippen LogP contribution is -1.96. The van der Waals surface area contributed by atoms with Crippen LogP contribution in [0.15, 0.2) is 24.4 Å². The molecule has 0 unspecified atom stereocenters. The fourth-order valence-electron chi connectivity index (χ4n) is 1.40. The molecule has 0 aliphatic heterocycles. The van der Waals surface area contributed by atoms with E-state index in [-0.39, 0.29) is 0 Å². The Kier molecular flexibility index (Phi) is 2.87. The Bertz CT molecular complexity index is 557. The Balaban J connectivity index is 2.65. The molecule has 0 radical (unpaired) electrons. The van der Waals surface area contributed by atoms with Crippen molar-refractivity contribution in [1.29, 1.82) is 0 Å². The SMILES string of the molecule is Cc1c[nH]c(=S)n1-c1ccc(Cl)c(Cl)c1. The molecule has 0 bridgehead atoms. The minimum absolute atomic E-state index is 0.525. The highest BCUT2D eigenvalue weighted by Crippen LogP contribution is 2.25. The van der Waals surface area contributed by atoms with Crippen molar-refractivity contribution < 1.29 is 0 Å². The summed E-state index contributed by atoms with van der Waals surface area (Å²) >= 11 is 17.0. The monoisotopic (exact) mass is 258 g/mol. The van der Waals surface area contributed by atoms with E-state index < -0.39 is 0 Å². The molecule has 0 amide bonds. The topological polar surface area (TPSA) is 20.7 Å². The van der Waals surface area contributed by atoms with E-state index in [2.05, 4.69) is 4.98 Å². The van der Waals surface area contributed by atoms with E-state index in [0.717, 1.165) is 11.4 Å². The molecule has 78 valence electrons. The van der Waals surface area contributed by atoms with Gasteiger partial charge in [-0.1, -0.05) is 23.2 Å². The van der Waals surface area contributed by atoms with Gasteiger partial charge in [-0.2, -0.15) is 0 Å². The van der Waals surface area contributed by atoms with E-state index in [0.29, 0.717) is 14.8 Å². The molecule has 0 aliphatic rings. The summed E-state index contributed by atoms with van der Waals surface area (Å²) in [5, 5.41) is 1.07. The highest BCUT2D eigenvalue weighted by Gasteiger charge is 2.04. The van der Waals surface area contributed by atoms with Crippen LogP contribution in [0.4, 0.5) is 0 Å². The van der Waals surface area contributed by atoms with E-state index in [1.54, 1.807) is 12.1 Å². The molecule has 2 rings (SSSR count). The first-order chi connectivity index (χ1) is 7.09. The molecule has 1 N–H and O–H groups in total. The fraction of sp³-hybridized carbons (Fsp3) is 0.100. The standard InChI is InChI=1S/C10H8Cl2N2S/c1-6-5-13-10(15)14(6)7-2-3-8(11)9(12)4-7/h2-5H,1H3,(H,13,15). The Morgan fingerprint density at radius 3 is 2.53 bits per heavy atom. The van der Waals surface area contributed by atoms with Crippen LogP contribution in [-0.4, -0.2) is 9.55 Å². The lowest BCUT2D eigenvalue weighted by Gasteiger charge is -2.06. The van der Waals surface area contributed by atoms with E-state index in [1.165, 1.54) is 0 Å². The van der Waals surface area contributed by atoms with Gasteiger partial charge in [0, 0.05) is 17.6 Å². The van der Waals surface area contributed by atoms with Gasteiger partial charge in [0.2, 0.25) is 0 Å². The van der Waals surface area contributed by atoms with Crippen LogP contribution in [0.5, 0.6) is 0 Å². The van der Waals surface area contributed by atoms with Crippen LogP contribution in [0.2, 0.25) is 10.0 Å². The molecule has 15 heavy (non-hydrogen) atoms. The maximum Gasteiger partial charge on any atom is 0.182 e. The van der Waals surface area contributed by atoms with Gasteiger partial charge < -0.3 is 4.98 Å². The van der Waals surface area contributed by atoms with Gasteiger partial charge in [0.1, 0.15) is 0 Å². The normalized spacial score (nSPS) is 10.6. The van der Waals surface area contributed by atoms with Crippen molar-refractivity contribution in [2.24, 2.45) is 0 Å². The zero-order valence-corrected chi connectivity index (χ0v) is 10.2. The predicted molar refractivity (Wildman–Crippen MR) is 65.7 cm³/mol. The van der Waals surface area contributed by atoms with Crippen molar-refractivity contribution >= 4 is 35.4 Å². The number of rotatable bonds is 1. The van der Waals surface area contributed by atoms with Crippen LogP contribution in [0.3, 0.4) is 0 Å². The van der Waals surface area contributed by atoms with Gasteiger partial charge in [0.25, 0.3) is 0 Å². The minimum Gasteiger partial charge on any atom is -0.337 e. The molecule has 0 spiro atoms. The number of aromatic amines is 1. The molecule has 0 fully saturated rings. The van der Waals surface area contributed by atoms with Crippen LogP contribution in [-0.2, 0) is 0 Å². The molecule has 1 aromatic heterocycles. The largest absolute Gasteiger partial charge is 0.337 e. The lowest BCUT2D eigenvalue weighted by molar-refractivity contribution is 0.985. The summed E-state index contributed by atoms with van der Waals surface area (Å²) in [6, 6.07) is 5.43. The summed E-state index contributed by atoms with van der Waals surface area (Å²) in [6.07, 6.45) is 1.85. The van der Waals surface area contributed by atoms with Crippen molar-refractivity contribution in [1.82, 2.24) is 9.55 Å². The van der Waals surface area contributed by atoms with Crippen molar-refractivity contribution in [2.45, 2.75) is 6.92 Å². The van der Waals surface area contributed by atoms with E-state index in [4.69, 9.17) is 35.4 Å². The van der Waals surface area contributed by atoms with Crippen molar-refractivity contribution in [2.75, 3.05) is 0 Å². The number of nitrogens with zero attached hydrogens (tertiary/aromatic N) is 1. The Morgan fingerprint density at radius 2 is 2.00 bits per heavy atom. The Morgan fingerprint density at radius 1 is 1.27 bits per heavy atom.